The normalized spacial score (nSPS) is 15.7. The summed E-state index contributed by atoms with van der Waals surface area (Å²) in [6.07, 6.45) is 3.60. The molecule has 20 heavy (non-hydrogen) atoms. The summed E-state index contributed by atoms with van der Waals surface area (Å²) in [6.45, 7) is 7.00. The first-order chi connectivity index (χ1) is 9.56. The summed E-state index contributed by atoms with van der Waals surface area (Å²) in [4.78, 5) is 11.8. The smallest absolute Gasteiger partial charge is 0.308 e. The maximum absolute atomic E-state index is 11.8. The number of carbonyl (C=O) groups excluding carboxylic acids is 1. The van der Waals surface area contributed by atoms with Gasteiger partial charge in [0.05, 0.1) is 12.5 Å². The maximum atomic E-state index is 11.8. The van der Waals surface area contributed by atoms with Crippen LogP contribution in [0.15, 0.2) is 0 Å². The van der Waals surface area contributed by atoms with Crippen molar-refractivity contribution in [3.05, 3.63) is 0 Å². The van der Waals surface area contributed by atoms with Crippen LogP contribution in [-0.2, 0) is 14.3 Å². The van der Waals surface area contributed by atoms with Crippen molar-refractivity contribution in [1.82, 2.24) is 0 Å². The van der Waals surface area contributed by atoms with Crippen molar-refractivity contribution in [3.8, 4) is 0 Å². The summed E-state index contributed by atoms with van der Waals surface area (Å²) < 4.78 is 10.6. The molecule has 0 aliphatic rings. The van der Waals surface area contributed by atoms with Crippen molar-refractivity contribution < 1.29 is 19.4 Å². The molecular formula is C15H29BrO4. The van der Waals surface area contributed by atoms with Crippen LogP contribution in [0, 0.1) is 11.8 Å². The van der Waals surface area contributed by atoms with E-state index in [-0.39, 0.29) is 17.8 Å². The van der Waals surface area contributed by atoms with E-state index >= 15 is 0 Å². The Kier molecular flexibility index (Phi) is 12.5. The van der Waals surface area contributed by atoms with Gasteiger partial charge >= 0.3 is 5.97 Å². The fraction of sp³-hybridized carbons (Fsp3) is 0.933. The highest BCUT2D eigenvalue weighted by molar-refractivity contribution is 9.09. The van der Waals surface area contributed by atoms with Crippen molar-refractivity contribution in [2.75, 3.05) is 18.5 Å². The Labute approximate surface area is 131 Å². The third-order valence-electron chi connectivity index (χ3n) is 3.19. The van der Waals surface area contributed by atoms with Crippen LogP contribution in [0.4, 0.5) is 0 Å². The summed E-state index contributed by atoms with van der Waals surface area (Å²) in [5.41, 5.74) is 0. The summed E-state index contributed by atoms with van der Waals surface area (Å²) in [6, 6.07) is 0. The van der Waals surface area contributed by atoms with Crippen LogP contribution in [0.1, 0.15) is 52.9 Å². The summed E-state index contributed by atoms with van der Waals surface area (Å²) in [5.74, 6) is -0.510. The molecule has 5 heteroatoms. The van der Waals surface area contributed by atoms with Gasteiger partial charge < -0.3 is 14.6 Å². The average molecular weight is 353 g/mol. The molecule has 0 aliphatic carbocycles. The lowest BCUT2D eigenvalue weighted by molar-refractivity contribution is -0.153. The van der Waals surface area contributed by atoms with Gasteiger partial charge in [0, 0.05) is 17.9 Å². The number of carbonyl (C=O) groups is 1. The van der Waals surface area contributed by atoms with E-state index in [0.717, 1.165) is 25.7 Å². The molecule has 0 saturated heterocycles. The molecule has 4 nitrogen and oxygen atoms in total. The second kappa shape index (κ2) is 12.6. The fourth-order valence-electron chi connectivity index (χ4n) is 1.75. The molecule has 0 aromatic heterocycles. The van der Waals surface area contributed by atoms with Gasteiger partial charge in [-0.25, -0.2) is 0 Å². The molecular weight excluding hydrogens is 324 g/mol. The Bertz CT molecular complexity index is 248. The van der Waals surface area contributed by atoms with Crippen LogP contribution in [-0.4, -0.2) is 35.9 Å². The minimum Gasteiger partial charge on any atom is -0.465 e. The van der Waals surface area contributed by atoms with Crippen molar-refractivity contribution in [3.63, 3.8) is 0 Å². The van der Waals surface area contributed by atoms with Crippen LogP contribution in [0.5, 0.6) is 0 Å². The standard InChI is InChI=1S/C15H29BrO4/c1-4-6-8-19-14(17)12(3)10-13(11-16)15(18)20-9-7-5-2/h12-13,15,18H,4-11H2,1-3H3. The molecule has 0 rings (SSSR count). The molecule has 0 aromatic carbocycles. The lowest BCUT2D eigenvalue weighted by Crippen LogP contribution is -2.29. The zero-order valence-electron chi connectivity index (χ0n) is 12.9. The predicted molar refractivity (Wildman–Crippen MR) is 83.8 cm³/mol. The van der Waals surface area contributed by atoms with Gasteiger partial charge in [0.2, 0.25) is 0 Å². The Hall–Kier alpha value is -0.130. The zero-order valence-corrected chi connectivity index (χ0v) is 14.5. The van der Waals surface area contributed by atoms with E-state index in [1.54, 1.807) is 0 Å². The maximum Gasteiger partial charge on any atom is 0.308 e. The van der Waals surface area contributed by atoms with Crippen LogP contribution in [0.3, 0.4) is 0 Å². The highest BCUT2D eigenvalue weighted by Crippen LogP contribution is 2.20. The Morgan fingerprint density at radius 2 is 1.80 bits per heavy atom. The zero-order chi connectivity index (χ0) is 15.4. The van der Waals surface area contributed by atoms with Crippen molar-refractivity contribution >= 4 is 21.9 Å². The van der Waals surface area contributed by atoms with Crippen molar-refractivity contribution in [2.45, 2.75) is 59.2 Å². The molecule has 0 amide bonds. The highest BCUT2D eigenvalue weighted by Gasteiger charge is 2.25. The molecule has 0 aliphatic heterocycles. The van der Waals surface area contributed by atoms with E-state index < -0.39 is 6.29 Å². The quantitative estimate of drug-likeness (QED) is 0.253. The summed E-state index contributed by atoms with van der Waals surface area (Å²) in [7, 11) is 0. The van der Waals surface area contributed by atoms with Gasteiger partial charge in [0.25, 0.3) is 0 Å². The number of alkyl halides is 1. The third kappa shape index (κ3) is 8.93. The van der Waals surface area contributed by atoms with Crippen molar-refractivity contribution in [2.24, 2.45) is 11.8 Å². The van der Waals surface area contributed by atoms with Gasteiger partial charge in [-0.3, -0.25) is 4.79 Å². The molecule has 3 atom stereocenters. The van der Waals surface area contributed by atoms with E-state index in [1.807, 2.05) is 6.92 Å². The number of unbranched alkanes of at least 4 members (excludes halogenated alkanes) is 2. The van der Waals surface area contributed by atoms with Gasteiger partial charge in [-0.05, 0) is 19.3 Å². The minimum absolute atomic E-state index is 0.0967. The number of hydrogen-bond acceptors (Lipinski definition) is 4. The van der Waals surface area contributed by atoms with Gasteiger partial charge in [-0.15, -0.1) is 0 Å². The molecule has 0 aromatic rings. The highest BCUT2D eigenvalue weighted by atomic mass is 79.9. The number of hydrogen-bond donors (Lipinski definition) is 1. The molecule has 0 radical (unpaired) electrons. The largest absolute Gasteiger partial charge is 0.465 e. The predicted octanol–water partition coefficient (Wildman–Crippen LogP) is 3.50. The van der Waals surface area contributed by atoms with Gasteiger partial charge in [-0.2, -0.15) is 0 Å². The van der Waals surface area contributed by atoms with E-state index in [2.05, 4.69) is 29.8 Å². The Morgan fingerprint density at radius 1 is 1.20 bits per heavy atom. The Morgan fingerprint density at radius 3 is 2.35 bits per heavy atom. The first kappa shape index (κ1) is 19.9. The van der Waals surface area contributed by atoms with Gasteiger partial charge in [0.1, 0.15) is 0 Å². The van der Waals surface area contributed by atoms with Crippen LogP contribution in [0.25, 0.3) is 0 Å². The first-order valence-corrected chi connectivity index (χ1v) is 8.71. The molecule has 0 spiro atoms. The number of aliphatic hydroxyl groups is 1. The molecule has 0 bridgehead atoms. The van der Waals surface area contributed by atoms with E-state index in [9.17, 15) is 9.90 Å². The number of ether oxygens (including phenoxy) is 2. The Balaban J connectivity index is 4.09. The molecule has 0 fully saturated rings. The molecule has 0 saturated carbocycles. The lowest BCUT2D eigenvalue weighted by atomic mass is 9.97. The van der Waals surface area contributed by atoms with Crippen LogP contribution < -0.4 is 0 Å². The number of esters is 1. The van der Waals surface area contributed by atoms with E-state index in [4.69, 9.17) is 9.47 Å². The SMILES string of the molecule is CCCCOC(=O)C(C)CC(CBr)C(O)OCCCC. The molecule has 0 heterocycles. The fourth-order valence-corrected chi connectivity index (χ4v) is 2.33. The van der Waals surface area contributed by atoms with Crippen LogP contribution >= 0.6 is 15.9 Å². The monoisotopic (exact) mass is 352 g/mol. The van der Waals surface area contributed by atoms with Gasteiger partial charge in [0.15, 0.2) is 6.29 Å². The summed E-state index contributed by atoms with van der Waals surface area (Å²) >= 11 is 3.37. The number of rotatable bonds is 12. The molecule has 1 N–H and O–H groups in total. The second-order valence-electron chi connectivity index (χ2n) is 5.19. The van der Waals surface area contributed by atoms with Crippen LogP contribution in [0.2, 0.25) is 0 Å². The van der Waals surface area contributed by atoms with E-state index in [0.29, 0.717) is 25.0 Å². The summed E-state index contributed by atoms with van der Waals surface area (Å²) in [5, 5.41) is 10.6. The minimum atomic E-state index is -0.827. The van der Waals surface area contributed by atoms with Gasteiger partial charge in [-0.1, -0.05) is 49.5 Å². The second-order valence-corrected chi connectivity index (χ2v) is 5.83. The third-order valence-corrected chi connectivity index (χ3v) is 4.02. The van der Waals surface area contributed by atoms with E-state index in [1.165, 1.54) is 0 Å². The average Bonchev–Trinajstić information content (AvgIpc) is 2.44. The lowest BCUT2D eigenvalue weighted by Gasteiger charge is -2.23. The van der Waals surface area contributed by atoms with Crippen molar-refractivity contribution in [1.29, 1.82) is 0 Å². The topological polar surface area (TPSA) is 55.8 Å². The molecule has 3 unspecified atom stereocenters. The number of aliphatic hydroxyl groups excluding tert-OH is 1. The number of halogens is 1. The first-order valence-electron chi connectivity index (χ1n) is 7.59. The molecule has 120 valence electrons.